The monoisotopic (exact) mass is 300 g/mol. The number of urea groups is 1. The minimum absolute atomic E-state index is 0.321. The lowest BCUT2D eigenvalue weighted by Gasteiger charge is -2.17. The molecule has 0 saturated carbocycles. The van der Waals surface area contributed by atoms with E-state index in [1.165, 1.54) is 11.8 Å². The first-order valence-electron chi connectivity index (χ1n) is 6.29. The van der Waals surface area contributed by atoms with Gasteiger partial charge in [0.2, 0.25) is 0 Å². The molecule has 7 heteroatoms. The highest BCUT2D eigenvalue weighted by Gasteiger charge is 2.21. The van der Waals surface area contributed by atoms with Crippen molar-refractivity contribution in [2.45, 2.75) is 32.4 Å². The number of hydrogen-bond acceptors (Lipinski definition) is 4. The second-order valence-electron chi connectivity index (χ2n) is 4.46. The van der Waals surface area contributed by atoms with Crippen LogP contribution < -0.4 is 10.6 Å². The van der Waals surface area contributed by atoms with Crippen molar-refractivity contribution < 1.29 is 19.1 Å². The number of aliphatic carboxylic acids is 1. The number of aryl methyl sites for hydroxylation is 1. The fraction of sp³-hybridized carbons (Fsp3) is 0.538. The maximum Gasteiger partial charge on any atom is 0.326 e. The van der Waals surface area contributed by atoms with Gasteiger partial charge in [-0.3, -0.25) is 0 Å². The Hall–Kier alpha value is -1.63. The lowest BCUT2D eigenvalue weighted by molar-refractivity contribution is -0.139. The van der Waals surface area contributed by atoms with Crippen LogP contribution in [-0.2, 0) is 4.79 Å². The number of hydrogen-bond donors (Lipinski definition) is 3. The molecule has 112 valence electrons. The Morgan fingerprint density at radius 2 is 2.10 bits per heavy atom. The topological polar surface area (TPSA) is 91.6 Å². The third-order valence-corrected chi connectivity index (χ3v) is 3.39. The van der Waals surface area contributed by atoms with E-state index >= 15 is 0 Å². The first kappa shape index (κ1) is 16.4. The van der Waals surface area contributed by atoms with Crippen molar-refractivity contribution in [2.24, 2.45) is 0 Å². The van der Waals surface area contributed by atoms with Crippen LogP contribution in [-0.4, -0.2) is 35.2 Å². The predicted molar refractivity (Wildman–Crippen MR) is 78.0 cm³/mol. The lowest BCUT2D eigenvalue weighted by Crippen LogP contribution is -2.46. The zero-order chi connectivity index (χ0) is 15.1. The summed E-state index contributed by atoms with van der Waals surface area (Å²) in [6.07, 6.45) is 2.28. The molecule has 20 heavy (non-hydrogen) atoms. The van der Waals surface area contributed by atoms with E-state index < -0.39 is 18.0 Å². The molecule has 2 amide bonds. The summed E-state index contributed by atoms with van der Waals surface area (Å²) < 4.78 is 5.40. The average molecular weight is 300 g/mol. The largest absolute Gasteiger partial charge is 0.480 e. The molecule has 3 N–H and O–H groups in total. The van der Waals surface area contributed by atoms with Gasteiger partial charge in [0.05, 0.1) is 6.04 Å². The zero-order valence-corrected chi connectivity index (χ0v) is 12.6. The maximum atomic E-state index is 11.8. The number of carbonyl (C=O) groups is 2. The first-order chi connectivity index (χ1) is 9.43. The molecule has 0 aliphatic rings. The molecular formula is C13H20N2O4S. The van der Waals surface area contributed by atoms with E-state index in [0.29, 0.717) is 17.9 Å². The highest BCUT2D eigenvalue weighted by atomic mass is 32.2. The number of carboxylic acid groups (broad SMARTS) is 1. The molecule has 0 bridgehead atoms. The summed E-state index contributed by atoms with van der Waals surface area (Å²) in [5, 5.41) is 14.1. The van der Waals surface area contributed by atoms with E-state index in [1.807, 2.05) is 19.2 Å². The maximum absolute atomic E-state index is 11.8. The van der Waals surface area contributed by atoms with Crippen molar-refractivity contribution in [3.05, 3.63) is 23.7 Å². The van der Waals surface area contributed by atoms with Gasteiger partial charge in [-0.25, -0.2) is 9.59 Å². The first-order valence-corrected chi connectivity index (χ1v) is 7.68. The van der Waals surface area contributed by atoms with Crippen LogP contribution in [0.25, 0.3) is 0 Å². The molecule has 1 heterocycles. The molecule has 0 radical (unpaired) electrons. The summed E-state index contributed by atoms with van der Waals surface area (Å²) >= 11 is 1.54. The zero-order valence-electron chi connectivity index (χ0n) is 11.8. The number of rotatable bonds is 7. The van der Waals surface area contributed by atoms with Crippen molar-refractivity contribution in [3.8, 4) is 0 Å². The predicted octanol–water partition coefficient (Wildman–Crippen LogP) is 2.15. The van der Waals surface area contributed by atoms with Gasteiger partial charge in [0.25, 0.3) is 0 Å². The van der Waals surface area contributed by atoms with Crippen molar-refractivity contribution in [1.29, 1.82) is 0 Å². The Morgan fingerprint density at radius 3 is 2.60 bits per heavy atom. The van der Waals surface area contributed by atoms with Gasteiger partial charge < -0.3 is 20.2 Å². The van der Waals surface area contributed by atoms with Crippen LogP contribution in [0.2, 0.25) is 0 Å². The second-order valence-corrected chi connectivity index (χ2v) is 5.45. The van der Waals surface area contributed by atoms with Crippen LogP contribution in [0, 0.1) is 6.92 Å². The molecule has 2 unspecified atom stereocenters. The van der Waals surface area contributed by atoms with Gasteiger partial charge in [0, 0.05) is 0 Å². The fourth-order valence-electron chi connectivity index (χ4n) is 1.65. The summed E-state index contributed by atoms with van der Waals surface area (Å²) in [5.41, 5.74) is 0. The number of furan rings is 1. The quantitative estimate of drug-likeness (QED) is 0.717. The molecular weight excluding hydrogens is 280 g/mol. The molecule has 1 rings (SSSR count). The number of carbonyl (C=O) groups excluding carboxylic acids is 1. The van der Waals surface area contributed by atoms with Crippen molar-refractivity contribution in [3.63, 3.8) is 0 Å². The van der Waals surface area contributed by atoms with Gasteiger partial charge in [0.15, 0.2) is 0 Å². The number of carboxylic acids is 1. The SMILES string of the molecule is CSCCC(NC(=O)NC(C)c1ccc(C)o1)C(=O)O. The van der Waals surface area contributed by atoms with Gasteiger partial charge in [-0.2, -0.15) is 11.8 Å². The molecule has 2 atom stereocenters. The highest BCUT2D eigenvalue weighted by molar-refractivity contribution is 7.98. The number of nitrogens with one attached hydrogen (secondary N) is 2. The summed E-state index contributed by atoms with van der Waals surface area (Å²) in [6.45, 7) is 3.59. The summed E-state index contributed by atoms with van der Waals surface area (Å²) in [4.78, 5) is 22.8. The summed E-state index contributed by atoms with van der Waals surface area (Å²) in [7, 11) is 0. The summed E-state index contributed by atoms with van der Waals surface area (Å²) in [6, 6.07) is 1.87. The van der Waals surface area contributed by atoms with E-state index in [2.05, 4.69) is 10.6 Å². The standard InChI is InChI=1S/C13H20N2O4S/c1-8-4-5-11(19-8)9(2)14-13(18)15-10(12(16)17)6-7-20-3/h4-5,9-10H,6-7H2,1-3H3,(H,16,17)(H2,14,15,18). The molecule has 1 aromatic rings. The van der Waals surface area contributed by atoms with Crippen LogP contribution in [0.15, 0.2) is 16.5 Å². The van der Waals surface area contributed by atoms with Crippen LogP contribution in [0.4, 0.5) is 4.79 Å². The second kappa shape index (κ2) is 7.84. The van der Waals surface area contributed by atoms with Crippen molar-refractivity contribution in [2.75, 3.05) is 12.0 Å². The Balaban J connectivity index is 2.50. The van der Waals surface area contributed by atoms with Crippen molar-refractivity contribution in [1.82, 2.24) is 10.6 Å². The van der Waals surface area contributed by atoms with Gasteiger partial charge >= 0.3 is 12.0 Å². The van der Waals surface area contributed by atoms with Gasteiger partial charge in [-0.1, -0.05) is 0 Å². The Labute approximate surface area is 122 Å². The third-order valence-electron chi connectivity index (χ3n) is 2.75. The molecule has 0 aromatic carbocycles. The number of thioether (sulfide) groups is 1. The minimum Gasteiger partial charge on any atom is -0.480 e. The molecule has 0 spiro atoms. The third kappa shape index (κ3) is 5.16. The Kier molecular flexibility index (Phi) is 6.44. The van der Waals surface area contributed by atoms with E-state index in [0.717, 1.165) is 5.76 Å². The smallest absolute Gasteiger partial charge is 0.326 e. The van der Waals surface area contributed by atoms with E-state index in [1.54, 1.807) is 13.0 Å². The van der Waals surface area contributed by atoms with Crippen LogP contribution >= 0.6 is 11.8 Å². The normalized spacial score (nSPS) is 13.6. The highest BCUT2D eigenvalue weighted by Crippen LogP contribution is 2.15. The molecule has 6 nitrogen and oxygen atoms in total. The van der Waals surface area contributed by atoms with Crippen LogP contribution in [0.5, 0.6) is 0 Å². The molecule has 0 aliphatic heterocycles. The van der Waals surface area contributed by atoms with E-state index in [-0.39, 0.29) is 6.04 Å². The lowest BCUT2D eigenvalue weighted by atomic mass is 10.2. The van der Waals surface area contributed by atoms with Gasteiger partial charge in [-0.15, -0.1) is 0 Å². The summed E-state index contributed by atoms with van der Waals surface area (Å²) in [5.74, 6) is 1.03. The average Bonchev–Trinajstić information content (AvgIpc) is 2.80. The Morgan fingerprint density at radius 1 is 1.40 bits per heavy atom. The van der Waals surface area contributed by atoms with E-state index in [4.69, 9.17) is 9.52 Å². The molecule has 0 saturated heterocycles. The van der Waals surface area contributed by atoms with Gasteiger partial charge in [-0.05, 0) is 44.4 Å². The van der Waals surface area contributed by atoms with Crippen LogP contribution in [0.1, 0.15) is 30.9 Å². The molecule has 0 aliphatic carbocycles. The van der Waals surface area contributed by atoms with Crippen molar-refractivity contribution >= 4 is 23.8 Å². The fourth-order valence-corrected chi connectivity index (χ4v) is 2.12. The van der Waals surface area contributed by atoms with E-state index in [9.17, 15) is 9.59 Å². The molecule has 1 aromatic heterocycles. The van der Waals surface area contributed by atoms with Gasteiger partial charge in [0.1, 0.15) is 17.6 Å². The number of amides is 2. The Bertz CT molecular complexity index is 461. The van der Waals surface area contributed by atoms with Crippen LogP contribution in [0.3, 0.4) is 0 Å². The minimum atomic E-state index is -1.03. The molecule has 0 fully saturated rings.